The lowest BCUT2D eigenvalue weighted by molar-refractivity contribution is 0.0308. The summed E-state index contributed by atoms with van der Waals surface area (Å²) in [5, 5.41) is 0. The average Bonchev–Trinajstić information content (AvgIpc) is 3.06. The van der Waals surface area contributed by atoms with Crippen molar-refractivity contribution in [2.45, 2.75) is 39.5 Å². The third kappa shape index (κ3) is 6.80. The van der Waals surface area contributed by atoms with Crippen LogP contribution in [0, 0.1) is 6.92 Å². The Balaban J connectivity index is 1.51. The van der Waals surface area contributed by atoms with Crippen molar-refractivity contribution in [2.75, 3.05) is 52.7 Å². The molecule has 1 aliphatic rings. The molecule has 0 aromatic heterocycles. The van der Waals surface area contributed by atoms with Crippen LogP contribution in [-0.4, -0.2) is 57.6 Å². The molecule has 24 heavy (non-hydrogen) atoms. The number of hydrogen-bond acceptors (Lipinski definition) is 4. The number of likely N-dealkylation sites (tertiary alicyclic amines) is 1. The minimum absolute atomic E-state index is 0.463. The second-order valence-corrected chi connectivity index (χ2v) is 6.82. The lowest BCUT2D eigenvalue weighted by Crippen LogP contribution is -2.24. The van der Waals surface area contributed by atoms with Crippen molar-refractivity contribution < 1.29 is 14.2 Å². The molecule has 0 saturated carbocycles. The topological polar surface area (TPSA) is 30.9 Å². The van der Waals surface area contributed by atoms with Crippen LogP contribution in [0.3, 0.4) is 0 Å². The first kappa shape index (κ1) is 19.2. The minimum Gasteiger partial charge on any atom is -0.491 e. The Bertz CT molecular complexity index is 470. The molecular formula is C20H33NO3. The fourth-order valence-electron chi connectivity index (χ4n) is 2.98. The number of rotatable bonds is 11. The van der Waals surface area contributed by atoms with Crippen LogP contribution in [-0.2, 0) is 9.47 Å². The van der Waals surface area contributed by atoms with Crippen molar-refractivity contribution in [3.05, 3.63) is 29.3 Å². The number of hydrogen-bond donors (Lipinski definition) is 0. The van der Waals surface area contributed by atoms with Gasteiger partial charge in [-0.25, -0.2) is 0 Å². The van der Waals surface area contributed by atoms with Crippen molar-refractivity contribution in [1.29, 1.82) is 0 Å². The molecule has 0 amide bonds. The first-order valence-electron chi connectivity index (χ1n) is 9.28. The van der Waals surface area contributed by atoms with Gasteiger partial charge >= 0.3 is 0 Å². The smallest absolute Gasteiger partial charge is 0.123 e. The van der Waals surface area contributed by atoms with Crippen LogP contribution in [0.15, 0.2) is 18.2 Å². The highest BCUT2D eigenvalue weighted by molar-refractivity contribution is 5.39. The van der Waals surface area contributed by atoms with Crippen molar-refractivity contribution in [3.63, 3.8) is 0 Å². The van der Waals surface area contributed by atoms with E-state index >= 15 is 0 Å². The maximum absolute atomic E-state index is 5.90. The summed E-state index contributed by atoms with van der Waals surface area (Å²) >= 11 is 0. The van der Waals surface area contributed by atoms with Gasteiger partial charge in [0.05, 0.1) is 26.4 Å². The van der Waals surface area contributed by atoms with Crippen LogP contribution < -0.4 is 4.74 Å². The summed E-state index contributed by atoms with van der Waals surface area (Å²) < 4.78 is 17.1. The van der Waals surface area contributed by atoms with Gasteiger partial charge in [0.25, 0.3) is 0 Å². The quantitative estimate of drug-likeness (QED) is 0.578. The number of nitrogens with zero attached hydrogens (tertiary/aromatic N) is 1. The molecule has 0 aliphatic carbocycles. The SMILES string of the molecule is Cc1ccc(C(C)C)c(OCCOCCOCCN2CCCC2)c1. The molecule has 4 heteroatoms. The van der Waals surface area contributed by atoms with Gasteiger partial charge in [-0.05, 0) is 56.0 Å². The fourth-order valence-corrected chi connectivity index (χ4v) is 2.98. The Hall–Kier alpha value is -1.10. The zero-order valence-corrected chi connectivity index (χ0v) is 15.6. The standard InChI is InChI=1S/C20H33NO3/c1-17(2)19-7-6-18(3)16-20(19)24-15-14-23-13-12-22-11-10-21-8-4-5-9-21/h6-7,16-17H,4-5,8-15H2,1-3H3. The Morgan fingerprint density at radius 2 is 1.62 bits per heavy atom. The highest BCUT2D eigenvalue weighted by Gasteiger charge is 2.10. The summed E-state index contributed by atoms with van der Waals surface area (Å²) in [6.45, 7) is 13.3. The van der Waals surface area contributed by atoms with Crippen LogP contribution in [0.4, 0.5) is 0 Å². The van der Waals surface area contributed by atoms with E-state index in [2.05, 4.69) is 43.9 Å². The molecule has 1 aromatic rings. The van der Waals surface area contributed by atoms with E-state index in [0.717, 1.165) is 18.9 Å². The first-order chi connectivity index (χ1) is 11.7. The Kier molecular flexibility index (Phi) is 8.57. The minimum atomic E-state index is 0.463. The number of aryl methyl sites for hydroxylation is 1. The average molecular weight is 335 g/mol. The molecule has 4 nitrogen and oxygen atoms in total. The predicted octanol–water partition coefficient (Wildman–Crippen LogP) is 3.63. The van der Waals surface area contributed by atoms with E-state index in [-0.39, 0.29) is 0 Å². The molecule has 1 heterocycles. The van der Waals surface area contributed by atoms with E-state index in [1.165, 1.54) is 37.1 Å². The van der Waals surface area contributed by atoms with Gasteiger partial charge in [0.1, 0.15) is 12.4 Å². The summed E-state index contributed by atoms with van der Waals surface area (Å²) in [6.07, 6.45) is 2.67. The second-order valence-electron chi connectivity index (χ2n) is 6.82. The highest BCUT2D eigenvalue weighted by Crippen LogP contribution is 2.27. The molecule has 0 bridgehead atoms. The van der Waals surface area contributed by atoms with Crippen LogP contribution in [0.25, 0.3) is 0 Å². The third-order valence-corrected chi connectivity index (χ3v) is 4.40. The van der Waals surface area contributed by atoms with Gasteiger partial charge in [-0.15, -0.1) is 0 Å². The molecule has 1 aromatic carbocycles. The normalized spacial score (nSPS) is 15.3. The molecule has 0 atom stereocenters. The first-order valence-corrected chi connectivity index (χ1v) is 9.28. The fraction of sp³-hybridized carbons (Fsp3) is 0.700. The van der Waals surface area contributed by atoms with Crippen LogP contribution in [0.1, 0.15) is 43.7 Å². The lowest BCUT2D eigenvalue weighted by Gasteiger charge is -2.15. The predicted molar refractivity (Wildman–Crippen MR) is 98.1 cm³/mol. The largest absolute Gasteiger partial charge is 0.491 e. The number of ether oxygens (including phenoxy) is 3. The van der Waals surface area contributed by atoms with Gasteiger partial charge in [0, 0.05) is 6.54 Å². The molecule has 0 N–H and O–H groups in total. The molecule has 1 aliphatic heterocycles. The molecule has 0 unspecified atom stereocenters. The van der Waals surface area contributed by atoms with Crippen molar-refractivity contribution in [1.82, 2.24) is 4.90 Å². The third-order valence-electron chi connectivity index (χ3n) is 4.40. The van der Waals surface area contributed by atoms with E-state index in [1.54, 1.807) is 0 Å². The van der Waals surface area contributed by atoms with Crippen molar-refractivity contribution in [2.24, 2.45) is 0 Å². The molecular weight excluding hydrogens is 302 g/mol. The Morgan fingerprint density at radius 1 is 0.958 bits per heavy atom. The van der Waals surface area contributed by atoms with Gasteiger partial charge in [0.15, 0.2) is 0 Å². The lowest BCUT2D eigenvalue weighted by atomic mass is 10.0. The highest BCUT2D eigenvalue weighted by atomic mass is 16.5. The van der Waals surface area contributed by atoms with Gasteiger partial charge < -0.3 is 19.1 Å². The van der Waals surface area contributed by atoms with E-state index in [9.17, 15) is 0 Å². The van der Waals surface area contributed by atoms with Crippen LogP contribution >= 0.6 is 0 Å². The Morgan fingerprint density at radius 3 is 2.33 bits per heavy atom. The van der Waals surface area contributed by atoms with Crippen molar-refractivity contribution in [3.8, 4) is 5.75 Å². The summed E-state index contributed by atoms with van der Waals surface area (Å²) in [5.41, 5.74) is 2.48. The van der Waals surface area contributed by atoms with Gasteiger partial charge in [-0.2, -0.15) is 0 Å². The van der Waals surface area contributed by atoms with E-state index in [0.29, 0.717) is 32.3 Å². The maximum Gasteiger partial charge on any atom is 0.123 e. The van der Waals surface area contributed by atoms with Crippen LogP contribution in [0.5, 0.6) is 5.75 Å². The number of benzene rings is 1. The summed E-state index contributed by atoms with van der Waals surface area (Å²) in [5.74, 6) is 1.45. The second kappa shape index (κ2) is 10.7. The molecule has 136 valence electrons. The summed E-state index contributed by atoms with van der Waals surface area (Å²) in [6, 6.07) is 6.40. The van der Waals surface area contributed by atoms with E-state index < -0.39 is 0 Å². The zero-order chi connectivity index (χ0) is 17.2. The summed E-state index contributed by atoms with van der Waals surface area (Å²) in [4.78, 5) is 2.46. The van der Waals surface area contributed by atoms with Gasteiger partial charge in [0.2, 0.25) is 0 Å². The van der Waals surface area contributed by atoms with E-state index in [4.69, 9.17) is 14.2 Å². The van der Waals surface area contributed by atoms with Gasteiger partial charge in [-0.1, -0.05) is 26.0 Å². The maximum atomic E-state index is 5.90. The van der Waals surface area contributed by atoms with E-state index in [1.807, 2.05) is 0 Å². The molecule has 0 spiro atoms. The van der Waals surface area contributed by atoms with Crippen molar-refractivity contribution >= 4 is 0 Å². The summed E-state index contributed by atoms with van der Waals surface area (Å²) in [7, 11) is 0. The zero-order valence-electron chi connectivity index (χ0n) is 15.6. The van der Waals surface area contributed by atoms with Gasteiger partial charge in [-0.3, -0.25) is 0 Å². The molecule has 1 saturated heterocycles. The molecule has 2 rings (SSSR count). The monoisotopic (exact) mass is 335 g/mol. The van der Waals surface area contributed by atoms with Crippen LogP contribution in [0.2, 0.25) is 0 Å². The molecule has 1 fully saturated rings. The molecule has 0 radical (unpaired) electrons. The Labute approximate surface area is 147 Å².